The number of fused-ring (bicyclic) bond motifs is 1. The summed E-state index contributed by atoms with van der Waals surface area (Å²) in [5.74, 6) is 1.63. The molecule has 2 aromatic rings. The summed E-state index contributed by atoms with van der Waals surface area (Å²) in [4.78, 5) is 16.7. The van der Waals surface area contributed by atoms with Gasteiger partial charge in [-0.15, -0.1) is 0 Å². The third-order valence-corrected chi connectivity index (χ3v) is 3.83. The molecule has 114 valence electrons. The maximum Gasteiger partial charge on any atom is 0.240 e. The fraction of sp³-hybridized carbons (Fsp3) is 0.467. The summed E-state index contributed by atoms with van der Waals surface area (Å²) in [6, 6.07) is 7.82. The molecule has 0 saturated carbocycles. The van der Waals surface area contributed by atoms with Gasteiger partial charge in [0.25, 0.3) is 0 Å². The molecule has 1 aromatic heterocycles. The van der Waals surface area contributed by atoms with Crippen molar-refractivity contribution in [3.05, 3.63) is 30.1 Å². The molecule has 1 heterocycles. The Balaban J connectivity index is 2.19. The number of amides is 1. The van der Waals surface area contributed by atoms with E-state index in [0.29, 0.717) is 6.42 Å². The van der Waals surface area contributed by atoms with Crippen LogP contribution in [0.1, 0.15) is 19.2 Å². The number of imidazole rings is 1. The quantitative estimate of drug-likeness (QED) is 0.818. The monoisotopic (exact) mass is 307 g/mol. The Hall–Kier alpha value is -1.53. The Labute approximate surface area is 128 Å². The molecule has 6 heteroatoms. The van der Waals surface area contributed by atoms with Gasteiger partial charge >= 0.3 is 0 Å². The SMILES string of the molecule is CSCc1nc2ccccc2n1CC(=O)NC(C)CCO. The normalized spacial score (nSPS) is 12.5. The highest BCUT2D eigenvalue weighted by molar-refractivity contribution is 7.97. The second-order valence-corrected chi connectivity index (χ2v) is 5.88. The molecule has 2 rings (SSSR count). The summed E-state index contributed by atoms with van der Waals surface area (Å²) >= 11 is 1.69. The van der Waals surface area contributed by atoms with Crippen molar-refractivity contribution in [2.24, 2.45) is 0 Å². The molecule has 0 bridgehead atoms. The predicted molar refractivity (Wildman–Crippen MR) is 86.3 cm³/mol. The van der Waals surface area contributed by atoms with E-state index in [2.05, 4.69) is 10.3 Å². The number of aliphatic hydroxyl groups is 1. The molecule has 2 N–H and O–H groups in total. The molecule has 5 nitrogen and oxygen atoms in total. The fourth-order valence-corrected chi connectivity index (χ4v) is 2.75. The Morgan fingerprint density at radius 1 is 1.48 bits per heavy atom. The van der Waals surface area contributed by atoms with Gasteiger partial charge in [-0.2, -0.15) is 11.8 Å². The van der Waals surface area contributed by atoms with Crippen LogP contribution in [0.15, 0.2) is 24.3 Å². The minimum Gasteiger partial charge on any atom is -0.396 e. The van der Waals surface area contributed by atoms with E-state index < -0.39 is 0 Å². The van der Waals surface area contributed by atoms with Gasteiger partial charge < -0.3 is 15.0 Å². The number of benzene rings is 1. The summed E-state index contributed by atoms with van der Waals surface area (Å²) in [5, 5.41) is 11.8. The van der Waals surface area contributed by atoms with E-state index in [-0.39, 0.29) is 25.1 Å². The molecule has 0 saturated heterocycles. The number of para-hydroxylation sites is 2. The summed E-state index contributed by atoms with van der Waals surface area (Å²) in [6.45, 7) is 2.22. The van der Waals surface area contributed by atoms with Gasteiger partial charge in [0.1, 0.15) is 12.4 Å². The Kier molecular flexibility index (Phi) is 5.64. The first-order chi connectivity index (χ1) is 10.2. The standard InChI is InChI=1S/C15H21N3O2S/c1-11(7-8-19)16-15(20)9-18-13-6-4-3-5-12(13)17-14(18)10-21-2/h3-6,11,19H,7-10H2,1-2H3,(H,16,20). The van der Waals surface area contributed by atoms with E-state index >= 15 is 0 Å². The van der Waals surface area contributed by atoms with E-state index in [1.807, 2.05) is 42.0 Å². The molecular weight excluding hydrogens is 286 g/mol. The average molecular weight is 307 g/mol. The van der Waals surface area contributed by atoms with E-state index in [1.165, 1.54) is 0 Å². The van der Waals surface area contributed by atoms with Gasteiger partial charge in [0, 0.05) is 12.6 Å². The third kappa shape index (κ3) is 3.98. The van der Waals surface area contributed by atoms with Crippen LogP contribution in [0, 0.1) is 0 Å². The number of nitrogens with one attached hydrogen (secondary N) is 1. The van der Waals surface area contributed by atoms with Gasteiger partial charge in [-0.05, 0) is 31.7 Å². The fourth-order valence-electron chi connectivity index (χ4n) is 2.27. The highest BCUT2D eigenvalue weighted by Crippen LogP contribution is 2.18. The third-order valence-electron chi connectivity index (χ3n) is 3.28. The van der Waals surface area contributed by atoms with Crippen molar-refractivity contribution in [1.29, 1.82) is 0 Å². The maximum absolute atomic E-state index is 12.1. The minimum absolute atomic E-state index is 0.0266. The van der Waals surface area contributed by atoms with Crippen LogP contribution in [0.3, 0.4) is 0 Å². The van der Waals surface area contributed by atoms with Gasteiger partial charge in [-0.1, -0.05) is 12.1 Å². The van der Waals surface area contributed by atoms with Gasteiger partial charge in [0.15, 0.2) is 0 Å². The number of aromatic nitrogens is 2. The van der Waals surface area contributed by atoms with Crippen LogP contribution in [0.5, 0.6) is 0 Å². The van der Waals surface area contributed by atoms with Gasteiger partial charge in [0.2, 0.25) is 5.91 Å². The van der Waals surface area contributed by atoms with Gasteiger partial charge in [-0.3, -0.25) is 4.79 Å². The molecule has 0 fully saturated rings. The number of carbonyl (C=O) groups is 1. The van der Waals surface area contributed by atoms with Crippen LogP contribution >= 0.6 is 11.8 Å². The number of aliphatic hydroxyl groups excluding tert-OH is 1. The van der Waals surface area contributed by atoms with Crippen LogP contribution in [-0.4, -0.2) is 39.5 Å². The van der Waals surface area contributed by atoms with Crippen molar-refractivity contribution in [3.8, 4) is 0 Å². The molecule has 1 unspecified atom stereocenters. The van der Waals surface area contributed by atoms with E-state index in [9.17, 15) is 4.79 Å². The van der Waals surface area contributed by atoms with Crippen molar-refractivity contribution in [3.63, 3.8) is 0 Å². The highest BCUT2D eigenvalue weighted by Gasteiger charge is 2.14. The molecule has 0 spiro atoms. The zero-order valence-corrected chi connectivity index (χ0v) is 13.2. The molecule has 0 aliphatic carbocycles. The topological polar surface area (TPSA) is 67.2 Å². The summed E-state index contributed by atoms with van der Waals surface area (Å²) in [6.07, 6.45) is 2.58. The smallest absolute Gasteiger partial charge is 0.240 e. The highest BCUT2D eigenvalue weighted by atomic mass is 32.2. The van der Waals surface area contributed by atoms with Crippen LogP contribution in [0.2, 0.25) is 0 Å². The van der Waals surface area contributed by atoms with Crippen molar-refractivity contribution >= 4 is 28.7 Å². The zero-order chi connectivity index (χ0) is 15.2. The molecule has 0 radical (unpaired) electrons. The number of hydrogen-bond acceptors (Lipinski definition) is 4. The maximum atomic E-state index is 12.1. The van der Waals surface area contributed by atoms with Crippen molar-refractivity contribution in [2.75, 3.05) is 12.9 Å². The Bertz CT molecular complexity index is 612. The van der Waals surface area contributed by atoms with Crippen molar-refractivity contribution < 1.29 is 9.90 Å². The number of hydrogen-bond donors (Lipinski definition) is 2. The summed E-state index contributed by atoms with van der Waals surface area (Å²) in [7, 11) is 0. The lowest BCUT2D eigenvalue weighted by Crippen LogP contribution is -2.35. The molecule has 0 aliphatic rings. The number of rotatable bonds is 7. The molecule has 0 aliphatic heterocycles. The predicted octanol–water partition coefficient (Wildman–Crippen LogP) is 1.79. The number of thioether (sulfide) groups is 1. The Morgan fingerprint density at radius 3 is 2.95 bits per heavy atom. The Morgan fingerprint density at radius 2 is 2.24 bits per heavy atom. The summed E-state index contributed by atoms with van der Waals surface area (Å²) in [5.41, 5.74) is 1.89. The van der Waals surface area contributed by atoms with Crippen molar-refractivity contribution in [1.82, 2.24) is 14.9 Å². The van der Waals surface area contributed by atoms with Crippen LogP contribution in [0.4, 0.5) is 0 Å². The summed E-state index contributed by atoms with van der Waals surface area (Å²) < 4.78 is 1.97. The van der Waals surface area contributed by atoms with Gasteiger partial charge in [-0.25, -0.2) is 4.98 Å². The lowest BCUT2D eigenvalue weighted by atomic mass is 10.2. The lowest BCUT2D eigenvalue weighted by molar-refractivity contribution is -0.122. The van der Waals surface area contributed by atoms with E-state index in [4.69, 9.17) is 5.11 Å². The largest absolute Gasteiger partial charge is 0.396 e. The second kappa shape index (κ2) is 7.47. The number of carbonyl (C=O) groups excluding carboxylic acids is 1. The zero-order valence-electron chi connectivity index (χ0n) is 12.4. The first-order valence-corrected chi connectivity index (χ1v) is 8.38. The average Bonchev–Trinajstić information content (AvgIpc) is 2.77. The number of nitrogens with zero attached hydrogens (tertiary/aromatic N) is 2. The first kappa shape index (κ1) is 15.9. The lowest BCUT2D eigenvalue weighted by Gasteiger charge is -2.14. The van der Waals surface area contributed by atoms with E-state index in [0.717, 1.165) is 22.6 Å². The van der Waals surface area contributed by atoms with Crippen LogP contribution < -0.4 is 5.32 Å². The van der Waals surface area contributed by atoms with E-state index in [1.54, 1.807) is 11.8 Å². The molecule has 1 aromatic carbocycles. The van der Waals surface area contributed by atoms with Crippen molar-refractivity contribution in [2.45, 2.75) is 31.7 Å². The molecular formula is C15H21N3O2S. The molecule has 1 atom stereocenters. The van der Waals surface area contributed by atoms with Crippen LogP contribution in [-0.2, 0) is 17.1 Å². The first-order valence-electron chi connectivity index (χ1n) is 6.99. The van der Waals surface area contributed by atoms with Crippen LogP contribution in [0.25, 0.3) is 11.0 Å². The molecule has 1 amide bonds. The molecule has 21 heavy (non-hydrogen) atoms. The second-order valence-electron chi connectivity index (χ2n) is 5.02. The minimum atomic E-state index is -0.0542. The van der Waals surface area contributed by atoms with Gasteiger partial charge in [0.05, 0.1) is 16.8 Å².